The van der Waals surface area contributed by atoms with Gasteiger partial charge in [0.2, 0.25) is 5.91 Å². The van der Waals surface area contributed by atoms with Gasteiger partial charge in [0, 0.05) is 23.1 Å². The SMILES string of the molecule is [B]C1=NN(c2ncccc2Cl)C(C(=O)Nc2c(C)cc(Br)cc2C(=O)NC(C)C)C1. The maximum absolute atomic E-state index is 13.2. The van der Waals surface area contributed by atoms with Crippen molar-refractivity contribution in [1.29, 1.82) is 0 Å². The molecule has 2 amide bonds. The van der Waals surface area contributed by atoms with Crippen LogP contribution < -0.4 is 15.6 Å². The number of hydrogen-bond acceptors (Lipinski definition) is 5. The first-order chi connectivity index (χ1) is 14.2. The van der Waals surface area contributed by atoms with E-state index in [2.05, 4.69) is 36.6 Å². The van der Waals surface area contributed by atoms with Gasteiger partial charge >= 0.3 is 0 Å². The van der Waals surface area contributed by atoms with Crippen molar-refractivity contribution < 1.29 is 9.59 Å². The average molecular weight is 489 g/mol. The summed E-state index contributed by atoms with van der Waals surface area (Å²) in [5, 5.41) is 11.7. The van der Waals surface area contributed by atoms with Crippen molar-refractivity contribution in [2.45, 2.75) is 39.3 Å². The van der Waals surface area contributed by atoms with Crippen LogP contribution in [0.3, 0.4) is 0 Å². The molecule has 1 aliphatic rings. The van der Waals surface area contributed by atoms with Gasteiger partial charge in [0.15, 0.2) is 5.82 Å². The van der Waals surface area contributed by atoms with Crippen LogP contribution in [0.25, 0.3) is 0 Å². The molecule has 154 valence electrons. The second-order valence-electron chi connectivity index (χ2n) is 7.23. The van der Waals surface area contributed by atoms with Crippen molar-refractivity contribution in [3.05, 3.63) is 51.1 Å². The number of pyridine rings is 1. The topological polar surface area (TPSA) is 86.7 Å². The molecule has 3 rings (SSSR count). The Hall–Kier alpha value is -2.39. The number of carbonyl (C=O) groups is 2. The Morgan fingerprint density at radius 2 is 2.10 bits per heavy atom. The lowest BCUT2D eigenvalue weighted by atomic mass is 9.95. The summed E-state index contributed by atoms with van der Waals surface area (Å²) in [7, 11) is 5.90. The Labute approximate surface area is 189 Å². The maximum Gasteiger partial charge on any atom is 0.253 e. The fraction of sp³-hybridized carbons (Fsp3) is 0.300. The number of carbonyl (C=O) groups excluding carboxylic acids is 2. The van der Waals surface area contributed by atoms with Crippen LogP contribution in [-0.2, 0) is 4.79 Å². The lowest BCUT2D eigenvalue weighted by Gasteiger charge is -2.24. The quantitative estimate of drug-likeness (QED) is 0.629. The number of halogens is 2. The minimum Gasteiger partial charge on any atom is -0.350 e. The predicted molar refractivity (Wildman–Crippen MR) is 123 cm³/mol. The first kappa shape index (κ1) is 22.3. The summed E-state index contributed by atoms with van der Waals surface area (Å²) >= 11 is 9.65. The normalized spacial score (nSPS) is 15.9. The molecule has 0 saturated heterocycles. The molecular weight excluding hydrogens is 468 g/mol. The van der Waals surface area contributed by atoms with Crippen molar-refractivity contribution in [1.82, 2.24) is 10.3 Å². The molecule has 30 heavy (non-hydrogen) atoms. The molecule has 0 spiro atoms. The molecule has 2 radical (unpaired) electrons. The van der Waals surface area contributed by atoms with Crippen LogP contribution in [0.2, 0.25) is 5.02 Å². The highest BCUT2D eigenvalue weighted by Gasteiger charge is 2.34. The summed E-state index contributed by atoms with van der Waals surface area (Å²) in [6, 6.07) is 6.05. The van der Waals surface area contributed by atoms with Crippen molar-refractivity contribution in [2.24, 2.45) is 5.10 Å². The zero-order valence-electron chi connectivity index (χ0n) is 16.7. The molecule has 2 aromatic rings. The monoisotopic (exact) mass is 487 g/mol. The van der Waals surface area contributed by atoms with E-state index in [4.69, 9.17) is 19.4 Å². The summed E-state index contributed by atoms with van der Waals surface area (Å²) in [6.07, 6.45) is 1.77. The Kier molecular flexibility index (Phi) is 6.82. The third-order valence-electron chi connectivity index (χ3n) is 4.41. The van der Waals surface area contributed by atoms with Crippen molar-refractivity contribution in [3.63, 3.8) is 0 Å². The third kappa shape index (κ3) is 4.84. The maximum atomic E-state index is 13.2. The van der Waals surface area contributed by atoms with Crippen LogP contribution >= 0.6 is 27.5 Å². The summed E-state index contributed by atoms with van der Waals surface area (Å²) in [5.41, 5.74) is 1.82. The van der Waals surface area contributed by atoms with Gasteiger partial charge in [-0.25, -0.2) is 9.99 Å². The molecule has 2 heterocycles. The van der Waals surface area contributed by atoms with E-state index in [9.17, 15) is 9.59 Å². The average Bonchev–Trinajstić information content (AvgIpc) is 3.05. The number of rotatable bonds is 5. The highest BCUT2D eigenvalue weighted by atomic mass is 79.9. The molecule has 0 bridgehead atoms. The van der Waals surface area contributed by atoms with Crippen molar-refractivity contribution >= 4 is 64.3 Å². The smallest absolute Gasteiger partial charge is 0.253 e. The lowest BCUT2D eigenvalue weighted by molar-refractivity contribution is -0.117. The number of hydrogen-bond donors (Lipinski definition) is 2. The highest BCUT2D eigenvalue weighted by molar-refractivity contribution is 9.10. The number of aromatic nitrogens is 1. The molecule has 10 heteroatoms. The number of amides is 2. The van der Waals surface area contributed by atoms with Crippen LogP contribution in [-0.4, -0.2) is 42.3 Å². The molecule has 2 N–H and O–H groups in total. The van der Waals surface area contributed by atoms with Crippen LogP contribution in [0.5, 0.6) is 0 Å². The molecular formula is C20H20BBrClN5O2. The van der Waals surface area contributed by atoms with Crippen LogP contribution in [0.1, 0.15) is 36.2 Å². The summed E-state index contributed by atoms with van der Waals surface area (Å²) in [5.74, 6) is -0.313. The molecule has 1 unspecified atom stereocenters. The van der Waals surface area contributed by atoms with Gasteiger partial charge in [-0.05, 0) is 56.2 Å². The highest BCUT2D eigenvalue weighted by Crippen LogP contribution is 2.31. The lowest BCUT2D eigenvalue weighted by Crippen LogP contribution is -2.40. The van der Waals surface area contributed by atoms with E-state index in [0.717, 1.165) is 10.0 Å². The molecule has 0 fully saturated rings. The Morgan fingerprint density at radius 3 is 2.77 bits per heavy atom. The predicted octanol–water partition coefficient (Wildman–Crippen LogP) is 3.64. The van der Waals surface area contributed by atoms with Gasteiger partial charge in [-0.3, -0.25) is 9.59 Å². The van der Waals surface area contributed by atoms with Gasteiger partial charge in [-0.15, -0.1) is 0 Å². The van der Waals surface area contributed by atoms with E-state index >= 15 is 0 Å². The number of benzene rings is 1. The number of hydrazone groups is 1. The van der Waals surface area contributed by atoms with Crippen molar-refractivity contribution in [3.8, 4) is 0 Å². The van der Waals surface area contributed by atoms with Crippen LogP contribution in [0, 0.1) is 6.92 Å². The summed E-state index contributed by atoms with van der Waals surface area (Å²) in [6.45, 7) is 5.56. The minimum absolute atomic E-state index is 0.0508. The van der Waals surface area contributed by atoms with Gasteiger partial charge in [0.25, 0.3) is 5.91 Å². The molecule has 1 aromatic carbocycles. The fourth-order valence-electron chi connectivity index (χ4n) is 3.11. The Balaban J connectivity index is 1.92. The van der Waals surface area contributed by atoms with Gasteiger partial charge in [0.1, 0.15) is 13.9 Å². The van der Waals surface area contributed by atoms with E-state index < -0.39 is 6.04 Å². The zero-order valence-corrected chi connectivity index (χ0v) is 19.1. The molecule has 1 atom stereocenters. The standard InChI is InChI=1S/C20H20BBrClN5O2/c1-10(2)25-19(29)13-8-12(22)7-11(3)17(13)26-20(30)15-9-16(21)27-28(15)18-14(23)5-4-6-24-18/h4-8,10,15H,9H2,1-3H3,(H,25,29)(H,26,30). The third-order valence-corrected chi connectivity index (χ3v) is 5.16. The second kappa shape index (κ2) is 9.18. The first-order valence-corrected chi connectivity index (χ1v) is 10.5. The number of anilines is 2. The number of aryl methyl sites for hydroxylation is 1. The largest absolute Gasteiger partial charge is 0.350 e. The van der Waals surface area contributed by atoms with Gasteiger partial charge in [0.05, 0.1) is 16.3 Å². The fourth-order valence-corrected chi connectivity index (χ4v) is 3.89. The minimum atomic E-state index is -0.749. The summed E-state index contributed by atoms with van der Waals surface area (Å²) < 4.78 is 0.738. The van der Waals surface area contributed by atoms with E-state index in [0.29, 0.717) is 27.7 Å². The van der Waals surface area contributed by atoms with Gasteiger partial charge in [-0.1, -0.05) is 27.5 Å². The zero-order chi connectivity index (χ0) is 22.0. The van der Waals surface area contributed by atoms with Crippen molar-refractivity contribution in [2.75, 3.05) is 10.3 Å². The number of nitrogens with one attached hydrogen (secondary N) is 2. The van der Waals surface area contributed by atoms with Gasteiger partial charge in [-0.2, -0.15) is 5.10 Å². The van der Waals surface area contributed by atoms with E-state index in [1.54, 1.807) is 24.4 Å². The molecule has 0 aliphatic carbocycles. The molecule has 0 saturated carbocycles. The Bertz CT molecular complexity index is 1030. The van der Waals surface area contributed by atoms with E-state index in [-0.39, 0.29) is 24.3 Å². The number of nitrogens with zero attached hydrogens (tertiary/aromatic N) is 3. The molecule has 7 nitrogen and oxygen atoms in total. The second-order valence-corrected chi connectivity index (χ2v) is 8.55. The van der Waals surface area contributed by atoms with Crippen LogP contribution in [0.4, 0.5) is 11.5 Å². The molecule has 1 aliphatic heterocycles. The van der Waals surface area contributed by atoms with Crippen LogP contribution in [0.15, 0.2) is 40.0 Å². The molecule has 1 aromatic heterocycles. The summed E-state index contributed by atoms with van der Waals surface area (Å²) in [4.78, 5) is 30.1. The Morgan fingerprint density at radius 1 is 1.37 bits per heavy atom. The van der Waals surface area contributed by atoms with E-state index in [1.165, 1.54) is 5.01 Å². The van der Waals surface area contributed by atoms with Gasteiger partial charge < -0.3 is 10.6 Å². The van der Waals surface area contributed by atoms with E-state index in [1.807, 2.05) is 26.8 Å². The first-order valence-electron chi connectivity index (χ1n) is 9.32.